The summed E-state index contributed by atoms with van der Waals surface area (Å²) >= 11 is 3.45. The Morgan fingerprint density at radius 3 is 2.75 bits per heavy atom. The van der Waals surface area contributed by atoms with Crippen molar-refractivity contribution in [2.75, 3.05) is 0 Å². The van der Waals surface area contributed by atoms with Crippen LogP contribution in [0.2, 0.25) is 0 Å². The minimum atomic E-state index is -0.809. The third-order valence-electron chi connectivity index (χ3n) is 3.18. The van der Waals surface area contributed by atoms with Crippen molar-refractivity contribution in [2.24, 2.45) is 0 Å². The van der Waals surface area contributed by atoms with Gasteiger partial charge in [-0.1, -0.05) is 0 Å². The lowest BCUT2D eigenvalue weighted by Gasteiger charge is -2.16. The number of hydrogen-bond acceptors (Lipinski definition) is 4. The van der Waals surface area contributed by atoms with Gasteiger partial charge in [-0.2, -0.15) is 10.2 Å². The van der Waals surface area contributed by atoms with Gasteiger partial charge in [-0.25, -0.2) is 4.52 Å². The van der Waals surface area contributed by atoms with Gasteiger partial charge in [-0.15, -0.1) is 0 Å². The molecule has 0 aliphatic rings. The van der Waals surface area contributed by atoms with Crippen LogP contribution >= 0.6 is 15.9 Å². The van der Waals surface area contributed by atoms with E-state index in [0.717, 1.165) is 15.7 Å². The second kappa shape index (κ2) is 4.99. The Morgan fingerprint density at radius 1 is 1.20 bits per heavy atom. The second-order valence-corrected chi connectivity index (χ2v) is 5.68. The summed E-state index contributed by atoms with van der Waals surface area (Å²) in [6.45, 7) is 4.04. The maximum atomic E-state index is 10.7. The van der Waals surface area contributed by atoms with E-state index in [1.54, 1.807) is 40.2 Å². The molecule has 0 spiro atoms. The fourth-order valence-electron chi connectivity index (χ4n) is 2.23. The first-order valence-electron chi connectivity index (χ1n) is 6.27. The molecule has 1 atom stereocenters. The maximum absolute atomic E-state index is 10.7. The van der Waals surface area contributed by atoms with Crippen molar-refractivity contribution in [1.82, 2.24) is 24.4 Å². The highest BCUT2D eigenvalue weighted by molar-refractivity contribution is 9.10. The van der Waals surface area contributed by atoms with E-state index < -0.39 is 6.10 Å². The van der Waals surface area contributed by atoms with Gasteiger partial charge in [0.15, 0.2) is 0 Å². The molecule has 3 aromatic rings. The topological polar surface area (TPSA) is 68.2 Å². The third-order valence-corrected chi connectivity index (χ3v) is 3.80. The average Bonchev–Trinajstić information content (AvgIpc) is 3.01. The van der Waals surface area contributed by atoms with Crippen LogP contribution in [0.5, 0.6) is 0 Å². The number of aliphatic hydroxyl groups is 1. The molecule has 1 unspecified atom stereocenters. The highest BCUT2D eigenvalue weighted by atomic mass is 79.9. The van der Waals surface area contributed by atoms with Crippen LogP contribution in [0.4, 0.5) is 0 Å². The van der Waals surface area contributed by atoms with E-state index in [1.807, 2.05) is 13.8 Å². The van der Waals surface area contributed by atoms with Gasteiger partial charge in [0.1, 0.15) is 6.10 Å². The fourth-order valence-corrected chi connectivity index (χ4v) is 2.72. The van der Waals surface area contributed by atoms with Crippen molar-refractivity contribution in [1.29, 1.82) is 0 Å². The lowest BCUT2D eigenvalue weighted by atomic mass is 10.1. The molecule has 3 aromatic heterocycles. The molecule has 0 fully saturated rings. The highest BCUT2D eigenvalue weighted by Crippen LogP contribution is 2.31. The summed E-state index contributed by atoms with van der Waals surface area (Å²) in [6.07, 6.45) is 7.64. The summed E-state index contributed by atoms with van der Waals surface area (Å²) in [5.74, 6) is 0. The van der Waals surface area contributed by atoms with Gasteiger partial charge in [-0.05, 0) is 29.8 Å². The highest BCUT2D eigenvalue weighted by Gasteiger charge is 2.23. The Kier molecular flexibility index (Phi) is 3.31. The van der Waals surface area contributed by atoms with E-state index in [2.05, 4.69) is 31.1 Å². The summed E-state index contributed by atoms with van der Waals surface area (Å²) in [6, 6.07) is 0.158. The van der Waals surface area contributed by atoms with Crippen LogP contribution in [-0.2, 0) is 0 Å². The molecule has 0 aromatic carbocycles. The van der Waals surface area contributed by atoms with Gasteiger partial charge in [0.2, 0.25) is 0 Å². The van der Waals surface area contributed by atoms with Gasteiger partial charge in [0.05, 0.1) is 34.3 Å². The van der Waals surface area contributed by atoms with Crippen LogP contribution in [0.25, 0.3) is 5.52 Å². The van der Waals surface area contributed by atoms with Crippen LogP contribution in [0.3, 0.4) is 0 Å². The van der Waals surface area contributed by atoms with E-state index in [4.69, 9.17) is 0 Å². The number of aromatic nitrogens is 5. The van der Waals surface area contributed by atoms with Crippen LogP contribution in [0.1, 0.15) is 37.3 Å². The molecule has 6 nitrogen and oxygen atoms in total. The maximum Gasteiger partial charge on any atom is 0.125 e. The molecular formula is C13H14BrN5O. The van der Waals surface area contributed by atoms with Crippen LogP contribution < -0.4 is 0 Å². The SMILES string of the molecule is CC(C)n1ncc(Br)c1C(O)c1cnn2ccncc12. The lowest BCUT2D eigenvalue weighted by Crippen LogP contribution is -2.12. The predicted molar refractivity (Wildman–Crippen MR) is 77.4 cm³/mol. The van der Waals surface area contributed by atoms with Crippen LogP contribution in [-0.4, -0.2) is 29.5 Å². The zero-order chi connectivity index (χ0) is 14.3. The molecule has 0 bridgehead atoms. The Labute approximate surface area is 124 Å². The van der Waals surface area contributed by atoms with E-state index in [9.17, 15) is 5.11 Å². The normalized spacial score (nSPS) is 13.2. The van der Waals surface area contributed by atoms with Crippen molar-refractivity contribution >= 4 is 21.4 Å². The molecular weight excluding hydrogens is 322 g/mol. The molecule has 1 N–H and O–H groups in total. The van der Waals surface area contributed by atoms with Crippen molar-refractivity contribution in [3.05, 3.63) is 46.7 Å². The first-order chi connectivity index (χ1) is 9.59. The smallest absolute Gasteiger partial charge is 0.125 e. The monoisotopic (exact) mass is 335 g/mol. The summed E-state index contributed by atoms with van der Waals surface area (Å²) in [5.41, 5.74) is 2.21. The minimum absolute atomic E-state index is 0.158. The Morgan fingerprint density at radius 2 is 2.00 bits per heavy atom. The Bertz CT molecular complexity index is 748. The molecule has 0 radical (unpaired) electrons. The van der Waals surface area contributed by atoms with Gasteiger partial charge in [-0.3, -0.25) is 9.67 Å². The summed E-state index contributed by atoms with van der Waals surface area (Å²) in [5, 5.41) is 19.2. The van der Waals surface area contributed by atoms with Gasteiger partial charge < -0.3 is 5.11 Å². The van der Waals surface area contributed by atoms with E-state index in [1.165, 1.54) is 0 Å². The fraction of sp³-hybridized carbons (Fsp3) is 0.308. The quantitative estimate of drug-likeness (QED) is 0.797. The molecule has 104 valence electrons. The van der Waals surface area contributed by atoms with Crippen LogP contribution in [0, 0.1) is 0 Å². The minimum Gasteiger partial charge on any atom is -0.382 e. The summed E-state index contributed by atoms with van der Waals surface area (Å²) in [4.78, 5) is 4.08. The molecule has 0 amide bonds. The van der Waals surface area contributed by atoms with Crippen molar-refractivity contribution in [3.63, 3.8) is 0 Å². The largest absolute Gasteiger partial charge is 0.382 e. The molecule has 0 aliphatic heterocycles. The van der Waals surface area contributed by atoms with E-state index >= 15 is 0 Å². The number of fused-ring (bicyclic) bond motifs is 1. The van der Waals surface area contributed by atoms with E-state index in [0.29, 0.717) is 5.56 Å². The number of aliphatic hydroxyl groups excluding tert-OH is 1. The standard InChI is InChI=1S/C13H14BrN5O/c1-8(2)19-12(10(14)6-17-19)13(20)9-5-16-18-4-3-15-7-11(9)18/h3-8,13,20H,1-2H3. The Hall–Kier alpha value is -1.73. The molecule has 20 heavy (non-hydrogen) atoms. The number of hydrogen-bond donors (Lipinski definition) is 1. The molecule has 0 saturated carbocycles. The zero-order valence-corrected chi connectivity index (χ0v) is 12.7. The second-order valence-electron chi connectivity index (χ2n) is 4.82. The molecule has 0 saturated heterocycles. The van der Waals surface area contributed by atoms with Gasteiger partial charge >= 0.3 is 0 Å². The molecule has 3 heterocycles. The van der Waals surface area contributed by atoms with Gasteiger partial charge in [0, 0.05) is 24.0 Å². The first kappa shape index (κ1) is 13.3. The zero-order valence-electron chi connectivity index (χ0n) is 11.1. The van der Waals surface area contributed by atoms with Crippen molar-refractivity contribution in [3.8, 4) is 0 Å². The number of halogens is 1. The first-order valence-corrected chi connectivity index (χ1v) is 7.07. The predicted octanol–water partition coefficient (Wildman–Crippen LogP) is 2.35. The van der Waals surface area contributed by atoms with Crippen LogP contribution in [0.15, 0.2) is 35.5 Å². The average molecular weight is 336 g/mol. The lowest BCUT2D eigenvalue weighted by molar-refractivity contribution is 0.205. The molecule has 3 rings (SSSR count). The number of rotatable bonds is 3. The molecule has 0 aliphatic carbocycles. The number of nitrogens with zero attached hydrogens (tertiary/aromatic N) is 5. The van der Waals surface area contributed by atoms with Gasteiger partial charge in [0.25, 0.3) is 0 Å². The summed E-state index contributed by atoms with van der Waals surface area (Å²) < 4.78 is 4.27. The van der Waals surface area contributed by atoms with E-state index in [-0.39, 0.29) is 6.04 Å². The summed E-state index contributed by atoms with van der Waals surface area (Å²) in [7, 11) is 0. The third kappa shape index (κ3) is 2.03. The van der Waals surface area contributed by atoms with Crippen molar-refractivity contribution in [2.45, 2.75) is 26.0 Å². The molecule has 7 heteroatoms. The Balaban J connectivity index is 2.13. The van der Waals surface area contributed by atoms with Crippen molar-refractivity contribution < 1.29 is 5.11 Å².